The van der Waals surface area contributed by atoms with E-state index in [9.17, 15) is 4.79 Å². The Kier molecular flexibility index (Phi) is 3.50. The monoisotopic (exact) mass is 317 g/mol. The molecule has 1 atom stereocenters. The minimum absolute atomic E-state index is 0.0891. The molecule has 2 aromatic rings. The average molecular weight is 317 g/mol. The first-order chi connectivity index (χ1) is 10.8. The maximum atomic E-state index is 12.7. The summed E-state index contributed by atoms with van der Waals surface area (Å²) in [6, 6.07) is 3.92. The van der Waals surface area contributed by atoms with E-state index >= 15 is 0 Å². The Hall–Kier alpha value is -1.66. The minimum Gasteiger partial charge on any atom is -0.376 e. The Morgan fingerprint density at radius 2 is 2.41 bits per heavy atom. The second-order valence-corrected chi connectivity index (χ2v) is 6.82. The maximum absolute atomic E-state index is 12.7. The van der Waals surface area contributed by atoms with E-state index in [-0.39, 0.29) is 11.9 Å². The second-order valence-electron chi connectivity index (χ2n) is 5.87. The Labute approximate surface area is 133 Å². The zero-order valence-electron chi connectivity index (χ0n) is 12.6. The number of carbonyl (C=O) groups is 1. The summed E-state index contributed by atoms with van der Waals surface area (Å²) in [5.74, 6) is 0.133. The van der Waals surface area contributed by atoms with E-state index in [1.807, 2.05) is 34.1 Å². The molecule has 2 aliphatic rings. The van der Waals surface area contributed by atoms with E-state index in [4.69, 9.17) is 9.84 Å². The number of hydrogen-bond donors (Lipinski definition) is 0. The summed E-state index contributed by atoms with van der Waals surface area (Å²) in [5, 5.41) is 6.69. The molecule has 0 radical (unpaired) electrons. The largest absolute Gasteiger partial charge is 0.376 e. The summed E-state index contributed by atoms with van der Waals surface area (Å²) < 4.78 is 7.59. The first-order valence-corrected chi connectivity index (χ1v) is 8.60. The predicted octanol–water partition coefficient (Wildman–Crippen LogP) is 2.53. The average Bonchev–Trinajstić information content (AvgIpc) is 3.27. The van der Waals surface area contributed by atoms with Gasteiger partial charge in [-0.1, -0.05) is 6.07 Å². The van der Waals surface area contributed by atoms with Gasteiger partial charge in [-0.25, -0.2) is 0 Å². The number of aryl methyl sites for hydroxylation is 1. The number of nitrogens with zero attached hydrogens (tertiary/aromatic N) is 3. The van der Waals surface area contributed by atoms with Crippen molar-refractivity contribution in [1.29, 1.82) is 0 Å². The Bertz CT molecular complexity index is 693. The van der Waals surface area contributed by atoms with Crippen molar-refractivity contribution in [3.63, 3.8) is 0 Å². The number of ether oxygens (including phenoxy) is 1. The molecule has 116 valence electrons. The van der Waals surface area contributed by atoms with Crippen LogP contribution in [0.2, 0.25) is 0 Å². The van der Waals surface area contributed by atoms with Gasteiger partial charge in [-0.05, 0) is 24.3 Å². The molecule has 0 saturated carbocycles. The number of fused-ring (bicyclic) bond motifs is 1. The van der Waals surface area contributed by atoms with Crippen LogP contribution < -0.4 is 0 Å². The summed E-state index contributed by atoms with van der Waals surface area (Å²) in [6.07, 6.45) is 2.93. The zero-order valence-corrected chi connectivity index (χ0v) is 13.4. The van der Waals surface area contributed by atoms with E-state index in [1.54, 1.807) is 0 Å². The van der Waals surface area contributed by atoms with E-state index in [0.717, 1.165) is 43.0 Å². The number of likely N-dealkylation sites (tertiary alicyclic amines) is 1. The summed E-state index contributed by atoms with van der Waals surface area (Å²) in [5.41, 5.74) is 3.50. The lowest BCUT2D eigenvalue weighted by atomic mass is 10.0. The van der Waals surface area contributed by atoms with Gasteiger partial charge in [0.1, 0.15) is 0 Å². The molecular formula is C16H19N3O2S. The topological polar surface area (TPSA) is 47.4 Å². The molecular weight excluding hydrogens is 298 g/mol. The normalized spacial score (nSPS) is 21.1. The predicted molar refractivity (Wildman–Crippen MR) is 83.9 cm³/mol. The van der Waals surface area contributed by atoms with Crippen LogP contribution in [0, 0.1) is 0 Å². The second kappa shape index (κ2) is 5.52. The van der Waals surface area contributed by atoms with E-state index in [1.165, 1.54) is 22.6 Å². The summed E-state index contributed by atoms with van der Waals surface area (Å²) in [7, 11) is 1.99. The van der Waals surface area contributed by atoms with Gasteiger partial charge in [0.2, 0.25) is 0 Å². The van der Waals surface area contributed by atoms with Gasteiger partial charge < -0.3 is 9.64 Å². The Balaban J connectivity index is 1.68. The van der Waals surface area contributed by atoms with E-state index in [0.29, 0.717) is 6.61 Å². The highest BCUT2D eigenvalue weighted by Gasteiger charge is 2.35. The van der Waals surface area contributed by atoms with Crippen molar-refractivity contribution < 1.29 is 9.53 Å². The standard InChI is InChI=1S/C16H19N3O2S/c1-18-12-6-8-21-10-11(12)15(17-18)13-4-2-7-19(13)16(20)14-5-3-9-22-14/h3,5,9,13H,2,4,6-8,10H2,1H3. The van der Waals surface area contributed by atoms with Crippen molar-refractivity contribution in [2.75, 3.05) is 13.2 Å². The molecule has 1 amide bonds. The fourth-order valence-electron chi connectivity index (χ4n) is 3.54. The number of rotatable bonds is 2. The van der Waals surface area contributed by atoms with Crippen LogP contribution in [0.4, 0.5) is 0 Å². The van der Waals surface area contributed by atoms with Crippen LogP contribution in [-0.4, -0.2) is 33.7 Å². The fraction of sp³-hybridized carbons (Fsp3) is 0.500. The summed E-state index contributed by atoms with van der Waals surface area (Å²) >= 11 is 1.51. The van der Waals surface area contributed by atoms with Crippen LogP contribution in [0.3, 0.4) is 0 Å². The third-order valence-electron chi connectivity index (χ3n) is 4.60. The first kappa shape index (κ1) is 14.0. The molecule has 4 rings (SSSR count). The van der Waals surface area contributed by atoms with Crippen LogP contribution >= 0.6 is 11.3 Å². The molecule has 4 heterocycles. The number of carbonyl (C=O) groups excluding carboxylic acids is 1. The van der Waals surface area contributed by atoms with Crippen molar-refractivity contribution in [3.05, 3.63) is 39.3 Å². The number of amides is 1. The quantitative estimate of drug-likeness (QED) is 0.855. The van der Waals surface area contributed by atoms with Crippen molar-refractivity contribution in [3.8, 4) is 0 Å². The lowest BCUT2D eigenvalue weighted by molar-refractivity contribution is 0.0731. The number of thiophene rings is 1. The zero-order chi connectivity index (χ0) is 15.1. The molecule has 0 bridgehead atoms. The SMILES string of the molecule is Cn1nc(C2CCCN2C(=O)c2cccs2)c2c1CCOC2. The van der Waals surface area contributed by atoms with Gasteiger partial charge in [0.25, 0.3) is 5.91 Å². The fourth-order valence-corrected chi connectivity index (χ4v) is 4.22. The van der Waals surface area contributed by atoms with Crippen LogP contribution in [0.25, 0.3) is 0 Å². The van der Waals surface area contributed by atoms with Crippen LogP contribution in [0.15, 0.2) is 17.5 Å². The smallest absolute Gasteiger partial charge is 0.264 e. The summed E-state index contributed by atoms with van der Waals surface area (Å²) in [4.78, 5) is 15.5. The Morgan fingerprint density at radius 3 is 3.23 bits per heavy atom. The molecule has 1 fully saturated rings. The molecule has 1 unspecified atom stereocenters. The highest BCUT2D eigenvalue weighted by molar-refractivity contribution is 7.12. The minimum atomic E-state index is 0.0891. The number of aromatic nitrogens is 2. The molecule has 2 aliphatic heterocycles. The highest BCUT2D eigenvalue weighted by atomic mass is 32.1. The summed E-state index contributed by atoms with van der Waals surface area (Å²) in [6.45, 7) is 2.19. The van der Waals surface area contributed by atoms with Crippen LogP contribution in [0.1, 0.15) is 45.5 Å². The van der Waals surface area contributed by atoms with Crippen molar-refractivity contribution >= 4 is 17.2 Å². The molecule has 22 heavy (non-hydrogen) atoms. The van der Waals surface area contributed by atoms with Gasteiger partial charge in [-0.15, -0.1) is 11.3 Å². The molecule has 0 aliphatic carbocycles. The highest BCUT2D eigenvalue weighted by Crippen LogP contribution is 2.36. The third-order valence-corrected chi connectivity index (χ3v) is 5.45. The van der Waals surface area contributed by atoms with E-state index in [2.05, 4.69) is 0 Å². The molecule has 0 spiro atoms. The third kappa shape index (κ3) is 2.18. The lowest BCUT2D eigenvalue weighted by Gasteiger charge is -2.24. The first-order valence-electron chi connectivity index (χ1n) is 7.72. The molecule has 0 aromatic carbocycles. The molecule has 6 heteroatoms. The van der Waals surface area contributed by atoms with Crippen LogP contribution in [0.5, 0.6) is 0 Å². The van der Waals surface area contributed by atoms with Gasteiger partial charge in [0.05, 0.1) is 29.8 Å². The van der Waals surface area contributed by atoms with Gasteiger partial charge >= 0.3 is 0 Å². The molecule has 0 N–H and O–H groups in total. The van der Waals surface area contributed by atoms with Gasteiger partial charge in [-0.2, -0.15) is 5.10 Å². The van der Waals surface area contributed by atoms with Crippen molar-refractivity contribution in [2.45, 2.75) is 31.9 Å². The molecule has 2 aromatic heterocycles. The lowest BCUT2D eigenvalue weighted by Crippen LogP contribution is -2.30. The number of hydrogen-bond acceptors (Lipinski definition) is 4. The molecule has 1 saturated heterocycles. The maximum Gasteiger partial charge on any atom is 0.264 e. The van der Waals surface area contributed by atoms with Crippen LogP contribution in [-0.2, 0) is 24.8 Å². The van der Waals surface area contributed by atoms with Crippen molar-refractivity contribution in [2.24, 2.45) is 7.05 Å². The van der Waals surface area contributed by atoms with Crippen molar-refractivity contribution in [1.82, 2.24) is 14.7 Å². The van der Waals surface area contributed by atoms with Gasteiger partial charge in [0, 0.05) is 31.3 Å². The van der Waals surface area contributed by atoms with Gasteiger partial charge in [-0.3, -0.25) is 9.48 Å². The Morgan fingerprint density at radius 1 is 1.50 bits per heavy atom. The molecule has 5 nitrogen and oxygen atoms in total. The van der Waals surface area contributed by atoms with Gasteiger partial charge in [0.15, 0.2) is 0 Å². The van der Waals surface area contributed by atoms with E-state index < -0.39 is 0 Å².